The molecular weight excluding hydrogens is 364 g/mol. The molecule has 0 fully saturated rings. The molecule has 0 atom stereocenters. The molecule has 0 bridgehead atoms. The summed E-state index contributed by atoms with van der Waals surface area (Å²) in [6.45, 7) is 0. The zero-order valence-corrected chi connectivity index (χ0v) is 12.0. The van der Waals surface area contributed by atoms with Crippen LogP contribution in [0.1, 0.15) is 16.8 Å². The van der Waals surface area contributed by atoms with E-state index < -0.39 is 45.4 Å². The Morgan fingerprint density at radius 2 is 1.67 bits per heavy atom. The first kappa shape index (κ1) is 17.8. The summed E-state index contributed by atoms with van der Waals surface area (Å²) in [5.74, 6) is 0. The molecule has 2 rings (SSSR count). The van der Waals surface area contributed by atoms with Crippen LogP contribution in [0.15, 0.2) is 29.3 Å². The SMILES string of the molecule is N#Cc1ncc(C(F)(F)F)cc1-n1cc(C(F)(F)F)cc(Cl)c1=O. The molecule has 0 spiro atoms. The van der Waals surface area contributed by atoms with Gasteiger partial charge in [-0.1, -0.05) is 11.6 Å². The predicted molar refractivity (Wildman–Crippen MR) is 69.6 cm³/mol. The lowest BCUT2D eigenvalue weighted by molar-refractivity contribution is -0.138. The van der Waals surface area contributed by atoms with Crippen molar-refractivity contribution in [3.63, 3.8) is 0 Å². The van der Waals surface area contributed by atoms with Gasteiger partial charge in [-0.3, -0.25) is 9.36 Å². The Balaban J connectivity index is 2.83. The summed E-state index contributed by atoms with van der Waals surface area (Å²) in [5, 5.41) is 8.03. The molecule has 0 N–H and O–H groups in total. The Morgan fingerprint density at radius 3 is 2.17 bits per heavy atom. The van der Waals surface area contributed by atoms with Crippen molar-refractivity contribution in [1.29, 1.82) is 5.26 Å². The van der Waals surface area contributed by atoms with Crippen LogP contribution in [0, 0.1) is 11.3 Å². The molecule has 0 aromatic carbocycles. The molecule has 4 nitrogen and oxygen atoms in total. The van der Waals surface area contributed by atoms with Gasteiger partial charge in [0, 0.05) is 12.4 Å². The average Bonchev–Trinajstić information content (AvgIpc) is 2.47. The summed E-state index contributed by atoms with van der Waals surface area (Å²) in [4.78, 5) is 15.2. The van der Waals surface area contributed by atoms with E-state index in [1.165, 1.54) is 6.07 Å². The minimum absolute atomic E-state index is 0.214. The van der Waals surface area contributed by atoms with Crippen molar-refractivity contribution in [2.45, 2.75) is 12.4 Å². The van der Waals surface area contributed by atoms with Crippen LogP contribution >= 0.6 is 11.6 Å². The summed E-state index contributed by atoms with van der Waals surface area (Å²) in [6, 6.07) is 2.11. The Hall–Kier alpha value is -2.54. The van der Waals surface area contributed by atoms with E-state index in [4.69, 9.17) is 16.9 Å². The van der Waals surface area contributed by atoms with Crippen molar-refractivity contribution in [1.82, 2.24) is 9.55 Å². The molecule has 0 unspecified atom stereocenters. The maximum Gasteiger partial charge on any atom is 0.417 e. The molecule has 0 aliphatic rings. The summed E-state index contributed by atoms with van der Waals surface area (Å²) in [5.41, 5.74) is -5.35. The molecule has 2 aromatic heterocycles. The van der Waals surface area contributed by atoms with Gasteiger partial charge >= 0.3 is 12.4 Å². The molecule has 2 heterocycles. The van der Waals surface area contributed by atoms with E-state index in [1.807, 2.05) is 0 Å². The molecule has 0 radical (unpaired) electrons. The maximum atomic E-state index is 12.8. The van der Waals surface area contributed by atoms with Crippen molar-refractivity contribution in [2.24, 2.45) is 0 Å². The van der Waals surface area contributed by atoms with Crippen LogP contribution in [0.25, 0.3) is 5.69 Å². The van der Waals surface area contributed by atoms with Crippen LogP contribution in [0.4, 0.5) is 26.3 Å². The van der Waals surface area contributed by atoms with E-state index in [9.17, 15) is 31.1 Å². The molecule has 11 heteroatoms. The van der Waals surface area contributed by atoms with Crippen LogP contribution in [0.3, 0.4) is 0 Å². The van der Waals surface area contributed by atoms with Crippen molar-refractivity contribution >= 4 is 11.6 Å². The lowest BCUT2D eigenvalue weighted by Crippen LogP contribution is -2.23. The van der Waals surface area contributed by atoms with Gasteiger partial charge in [-0.2, -0.15) is 31.6 Å². The predicted octanol–water partition coefficient (Wildman–Crippen LogP) is 3.80. The van der Waals surface area contributed by atoms with Gasteiger partial charge in [-0.25, -0.2) is 4.98 Å². The number of hydrogen-bond donors (Lipinski definition) is 0. The number of nitriles is 1. The maximum absolute atomic E-state index is 12.8. The van der Waals surface area contributed by atoms with E-state index >= 15 is 0 Å². The standard InChI is InChI=1S/C13H4ClF6N3O/c14-8-1-7(13(18,19)20)5-23(11(8)24)10-2-6(12(15,16)17)4-22-9(10)3-21/h1-2,4-5H. The molecule has 2 aromatic rings. The van der Waals surface area contributed by atoms with Crippen molar-refractivity contribution < 1.29 is 26.3 Å². The number of alkyl halides is 6. The zero-order chi connectivity index (χ0) is 18.3. The molecule has 24 heavy (non-hydrogen) atoms. The average molecular weight is 368 g/mol. The van der Waals surface area contributed by atoms with Crippen molar-refractivity contribution in [3.8, 4) is 11.8 Å². The molecule has 0 saturated carbocycles. The van der Waals surface area contributed by atoms with Gasteiger partial charge in [0.2, 0.25) is 0 Å². The van der Waals surface area contributed by atoms with Crippen molar-refractivity contribution in [2.75, 3.05) is 0 Å². The number of rotatable bonds is 1. The second-order valence-electron chi connectivity index (χ2n) is 4.45. The van der Waals surface area contributed by atoms with Gasteiger partial charge < -0.3 is 0 Å². The number of aromatic nitrogens is 2. The molecule has 0 amide bonds. The van der Waals surface area contributed by atoms with Gasteiger partial charge in [0.25, 0.3) is 5.56 Å². The largest absolute Gasteiger partial charge is 0.417 e. The molecule has 0 aliphatic carbocycles. The van der Waals surface area contributed by atoms with E-state index in [1.54, 1.807) is 0 Å². The summed E-state index contributed by atoms with van der Waals surface area (Å²) < 4.78 is 76.9. The highest BCUT2D eigenvalue weighted by Gasteiger charge is 2.34. The summed E-state index contributed by atoms with van der Waals surface area (Å²) in [7, 11) is 0. The minimum atomic E-state index is -4.90. The molecule has 0 saturated heterocycles. The van der Waals surface area contributed by atoms with Gasteiger partial charge in [-0.05, 0) is 12.1 Å². The van der Waals surface area contributed by atoms with Gasteiger partial charge in [0.05, 0.1) is 16.8 Å². The fourth-order valence-corrected chi connectivity index (χ4v) is 1.97. The second-order valence-corrected chi connectivity index (χ2v) is 4.86. The highest BCUT2D eigenvalue weighted by Crippen LogP contribution is 2.32. The van der Waals surface area contributed by atoms with E-state index in [-0.39, 0.29) is 10.8 Å². The van der Waals surface area contributed by atoms with Crippen LogP contribution in [-0.4, -0.2) is 9.55 Å². The smallest absolute Gasteiger partial charge is 0.279 e. The van der Waals surface area contributed by atoms with Crippen LogP contribution in [-0.2, 0) is 12.4 Å². The third-order valence-electron chi connectivity index (χ3n) is 2.86. The number of hydrogen-bond acceptors (Lipinski definition) is 3. The van der Waals surface area contributed by atoms with Gasteiger partial charge in [0.1, 0.15) is 11.1 Å². The number of pyridine rings is 2. The van der Waals surface area contributed by atoms with Crippen LogP contribution in [0.2, 0.25) is 5.02 Å². The molecule has 126 valence electrons. The Morgan fingerprint density at radius 1 is 1.08 bits per heavy atom. The first-order valence-electron chi connectivity index (χ1n) is 5.92. The Kier molecular flexibility index (Phi) is 4.32. The molecular formula is C13H4ClF6N3O. The Labute approximate surface area is 134 Å². The van der Waals surface area contributed by atoms with Gasteiger partial charge in [-0.15, -0.1) is 0 Å². The normalized spacial score (nSPS) is 12.1. The lowest BCUT2D eigenvalue weighted by Gasteiger charge is -2.14. The van der Waals surface area contributed by atoms with Gasteiger partial charge in [0.15, 0.2) is 5.69 Å². The van der Waals surface area contributed by atoms with Crippen molar-refractivity contribution in [3.05, 3.63) is 56.7 Å². The lowest BCUT2D eigenvalue weighted by atomic mass is 10.2. The van der Waals surface area contributed by atoms with Crippen LogP contribution < -0.4 is 5.56 Å². The molecule has 0 aliphatic heterocycles. The quantitative estimate of drug-likeness (QED) is 0.720. The number of halogens is 7. The fourth-order valence-electron chi connectivity index (χ4n) is 1.76. The van der Waals surface area contributed by atoms with E-state index in [0.717, 1.165) is 0 Å². The Bertz CT molecular complexity index is 895. The topological polar surface area (TPSA) is 58.7 Å². The first-order chi connectivity index (χ1) is 10.9. The first-order valence-corrected chi connectivity index (χ1v) is 6.30. The minimum Gasteiger partial charge on any atom is -0.279 e. The second kappa shape index (κ2) is 5.83. The highest BCUT2D eigenvalue weighted by molar-refractivity contribution is 6.30. The third-order valence-corrected chi connectivity index (χ3v) is 3.13. The number of nitrogens with zero attached hydrogens (tertiary/aromatic N) is 3. The summed E-state index contributed by atoms with van der Waals surface area (Å²) in [6.07, 6.45) is -9.18. The monoisotopic (exact) mass is 367 g/mol. The highest BCUT2D eigenvalue weighted by atomic mass is 35.5. The van der Waals surface area contributed by atoms with E-state index in [0.29, 0.717) is 18.3 Å². The summed E-state index contributed by atoms with van der Waals surface area (Å²) >= 11 is 5.44. The zero-order valence-electron chi connectivity index (χ0n) is 11.2. The van der Waals surface area contributed by atoms with Crippen LogP contribution in [0.5, 0.6) is 0 Å². The fraction of sp³-hybridized carbons (Fsp3) is 0.154. The van der Waals surface area contributed by atoms with E-state index in [2.05, 4.69) is 4.98 Å². The third kappa shape index (κ3) is 3.35.